The third kappa shape index (κ3) is 11.4. The van der Waals surface area contributed by atoms with Crippen molar-refractivity contribution in [2.75, 3.05) is 19.6 Å². The van der Waals surface area contributed by atoms with Crippen molar-refractivity contribution < 1.29 is 38.7 Å². The molecule has 0 unspecified atom stereocenters. The Morgan fingerprint density at radius 2 is 1.57 bits per heavy atom. The summed E-state index contributed by atoms with van der Waals surface area (Å²) in [5.41, 5.74) is 6.79. The molecule has 2 rings (SSSR count). The number of carbonyl (C=O) groups is 7. The number of carbonyl (C=O) groups excluding carboxylic acids is 6. The van der Waals surface area contributed by atoms with E-state index in [1.807, 2.05) is 0 Å². The molecule has 0 saturated carbocycles. The van der Waals surface area contributed by atoms with Gasteiger partial charge in [0.05, 0.1) is 12.6 Å². The summed E-state index contributed by atoms with van der Waals surface area (Å²) < 4.78 is 0. The molecule has 16 heteroatoms. The molecule has 1 aromatic heterocycles. The Morgan fingerprint density at radius 3 is 2.15 bits per heavy atom. The molecule has 0 aromatic carbocycles. The third-order valence-corrected chi connectivity index (χ3v) is 7.43. The summed E-state index contributed by atoms with van der Waals surface area (Å²) in [5, 5.41) is 21.4. The second kappa shape index (κ2) is 17.8. The van der Waals surface area contributed by atoms with E-state index in [-0.39, 0.29) is 18.9 Å². The monoisotopic (exact) mass is 646 g/mol. The second-order valence-electron chi connectivity index (χ2n) is 11.9. The molecular formula is C30H46N8O8. The summed E-state index contributed by atoms with van der Waals surface area (Å²) in [6.07, 6.45) is 4.31. The van der Waals surface area contributed by atoms with E-state index in [9.17, 15) is 33.6 Å². The lowest BCUT2D eigenvalue weighted by atomic mass is 10.0. The number of carboxylic acid groups (broad SMARTS) is 1. The Balaban J connectivity index is 1.92. The van der Waals surface area contributed by atoms with Gasteiger partial charge in [-0.15, -0.1) is 0 Å². The molecule has 1 saturated heterocycles. The number of pyridine rings is 1. The van der Waals surface area contributed by atoms with Crippen molar-refractivity contribution >= 4 is 41.4 Å². The van der Waals surface area contributed by atoms with Gasteiger partial charge in [-0.3, -0.25) is 38.5 Å². The van der Waals surface area contributed by atoms with Gasteiger partial charge in [0.15, 0.2) is 0 Å². The van der Waals surface area contributed by atoms with E-state index in [1.54, 1.807) is 52.2 Å². The van der Waals surface area contributed by atoms with Crippen LogP contribution in [-0.4, -0.2) is 106 Å². The number of nitrogens with two attached hydrogens (primary N) is 1. The standard InChI is InChI=1S/C30H46N8O8/c1-16(2)24(37-26(42)20(31)12-19-8-6-10-32-13-19)28(44)33-14-22(39)36-25(17(3)4)29(45)35-18(5)30(46)38-11-7-9-21(38)27(43)34-15-23(40)41/h6,8,10,13,16-18,20-21,24-25H,7,9,11-12,14-15,31H2,1-5H3,(H,33,44)(H,34,43)(H,35,45)(H,36,39)(H,37,42)(H,40,41)/t18-,20-,21-,24-,25-/m0/s1. The Labute approximate surface area is 268 Å². The topological polar surface area (TPSA) is 242 Å². The summed E-state index contributed by atoms with van der Waals surface area (Å²) in [6.45, 7) is 7.50. The van der Waals surface area contributed by atoms with Crippen LogP contribution in [0.25, 0.3) is 0 Å². The minimum atomic E-state index is -1.21. The quantitative estimate of drug-likeness (QED) is 0.105. The minimum absolute atomic E-state index is 0.220. The molecule has 0 radical (unpaired) electrons. The molecule has 1 aliphatic heterocycles. The van der Waals surface area contributed by atoms with Gasteiger partial charge in [-0.25, -0.2) is 0 Å². The van der Waals surface area contributed by atoms with Gasteiger partial charge in [-0.1, -0.05) is 33.8 Å². The summed E-state index contributed by atoms with van der Waals surface area (Å²) in [6, 6.07) is -1.35. The van der Waals surface area contributed by atoms with Crippen LogP contribution in [-0.2, 0) is 40.0 Å². The summed E-state index contributed by atoms with van der Waals surface area (Å²) >= 11 is 0. The van der Waals surface area contributed by atoms with Crippen molar-refractivity contribution in [1.82, 2.24) is 36.5 Å². The first-order valence-electron chi connectivity index (χ1n) is 15.2. The van der Waals surface area contributed by atoms with Crippen LogP contribution in [0.3, 0.4) is 0 Å². The van der Waals surface area contributed by atoms with Gasteiger partial charge in [-0.2, -0.15) is 0 Å². The molecule has 1 aliphatic rings. The number of rotatable bonds is 16. The number of hydrogen-bond donors (Lipinski definition) is 7. The summed E-state index contributed by atoms with van der Waals surface area (Å²) in [5.74, 6) is -5.51. The van der Waals surface area contributed by atoms with Crippen LogP contribution in [0, 0.1) is 11.8 Å². The highest BCUT2D eigenvalue weighted by Gasteiger charge is 2.37. The van der Waals surface area contributed by atoms with E-state index >= 15 is 0 Å². The van der Waals surface area contributed by atoms with Gasteiger partial charge in [0.1, 0.15) is 30.7 Å². The Morgan fingerprint density at radius 1 is 0.913 bits per heavy atom. The first-order chi connectivity index (χ1) is 21.6. The van der Waals surface area contributed by atoms with E-state index < -0.39 is 90.6 Å². The molecule has 6 amide bonds. The number of hydrogen-bond acceptors (Lipinski definition) is 9. The maximum absolute atomic E-state index is 13.1. The maximum Gasteiger partial charge on any atom is 0.322 e. The van der Waals surface area contributed by atoms with Crippen LogP contribution in [0.2, 0.25) is 0 Å². The molecule has 254 valence electrons. The molecule has 46 heavy (non-hydrogen) atoms. The number of nitrogens with zero attached hydrogens (tertiary/aromatic N) is 2. The van der Waals surface area contributed by atoms with Crippen molar-refractivity contribution in [2.45, 2.75) is 84.1 Å². The number of likely N-dealkylation sites (tertiary alicyclic amines) is 1. The predicted octanol–water partition coefficient (Wildman–Crippen LogP) is -1.95. The number of amides is 6. The molecule has 5 atom stereocenters. The molecule has 0 aliphatic carbocycles. The average molecular weight is 647 g/mol. The van der Waals surface area contributed by atoms with Gasteiger partial charge >= 0.3 is 5.97 Å². The van der Waals surface area contributed by atoms with E-state index in [2.05, 4.69) is 31.6 Å². The molecular weight excluding hydrogens is 600 g/mol. The molecule has 1 aromatic rings. The summed E-state index contributed by atoms with van der Waals surface area (Å²) in [4.78, 5) is 93.1. The van der Waals surface area contributed by atoms with E-state index in [0.29, 0.717) is 12.8 Å². The van der Waals surface area contributed by atoms with Gasteiger partial charge < -0.3 is 42.3 Å². The smallest absolute Gasteiger partial charge is 0.322 e. The van der Waals surface area contributed by atoms with Crippen molar-refractivity contribution in [2.24, 2.45) is 17.6 Å². The normalized spacial score (nSPS) is 17.0. The Kier molecular flexibility index (Phi) is 14.5. The van der Waals surface area contributed by atoms with Crippen LogP contribution in [0.5, 0.6) is 0 Å². The number of carboxylic acids is 1. The molecule has 8 N–H and O–H groups in total. The van der Waals surface area contributed by atoms with Gasteiger partial charge in [0.25, 0.3) is 0 Å². The highest BCUT2D eigenvalue weighted by atomic mass is 16.4. The Bertz CT molecular complexity index is 1260. The van der Waals surface area contributed by atoms with Gasteiger partial charge in [0.2, 0.25) is 35.4 Å². The molecule has 0 spiro atoms. The first kappa shape index (κ1) is 37.6. The predicted molar refractivity (Wildman–Crippen MR) is 165 cm³/mol. The van der Waals surface area contributed by atoms with Crippen LogP contribution >= 0.6 is 0 Å². The lowest BCUT2D eigenvalue weighted by Crippen LogP contribution is -2.58. The zero-order valence-electron chi connectivity index (χ0n) is 26.9. The highest BCUT2D eigenvalue weighted by molar-refractivity contribution is 5.96. The van der Waals surface area contributed by atoms with Crippen LogP contribution in [0.1, 0.15) is 53.0 Å². The fraction of sp³-hybridized carbons (Fsp3) is 0.600. The molecule has 1 fully saturated rings. The highest BCUT2D eigenvalue weighted by Crippen LogP contribution is 2.19. The van der Waals surface area contributed by atoms with E-state index in [4.69, 9.17) is 10.8 Å². The van der Waals surface area contributed by atoms with Gasteiger partial charge in [-0.05, 0) is 49.7 Å². The number of nitrogens with one attached hydrogen (secondary N) is 5. The average Bonchev–Trinajstić information content (AvgIpc) is 3.49. The SMILES string of the molecule is CC(C)[C@H](NC(=O)CNC(=O)[C@@H](NC(=O)[C@@H](N)Cc1cccnc1)C(C)C)C(=O)N[C@@H](C)C(=O)N1CCC[C@H]1C(=O)NCC(=O)O. The number of aliphatic carboxylic acids is 1. The second-order valence-corrected chi connectivity index (χ2v) is 11.9. The third-order valence-electron chi connectivity index (χ3n) is 7.43. The number of aromatic nitrogens is 1. The van der Waals surface area contributed by atoms with E-state index in [0.717, 1.165) is 5.56 Å². The van der Waals surface area contributed by atoms with Crippen LogP contribution in [0.4, 0.5) is 0 Å². The largest absolute Gasteiger partial charge is 0.480 e. The van der Waals surface area contributed by atoms with E-state index in [1.165, 1.54) is 11.8 Å². The lowest BCUT2D eigenvalue weighted by Gasteiger charge is -2.29. The first-order valence-corrected chi connectivity index (χ1v) is 15.2. The van der Waals surface area contributed by atoms with Crippen molar-refractivity contribution in [3.05, 3.63) is 30.1 Å². The van der Waals surface area contributed by atoms with Crippen molar-refractivity contribution in [3.63, 3.8) is 0 Å². The fourth-order valence-electron chi connectivity index (χ4n) is 4.89. The van der Waals surface area contributed by atoms with Crippen LogP contribution in [0.15, 0.2) is 24.5 Å². The van der Waals surface area contributed by atoms with Crippen molar-refractivity contribution in [3.8, 4) is 0 Å². The minimum Gasteiger partial charge on any atom is -0.480 e. The van der Waals surface area contributed by atoms with Crippen LogP contribution < -0.4 is 32.3 Å². The zero-order valence-corrected chi connectivity index (χ0v) is 26.9. The molecule has 2 heterocycles. The molecule has 0 bridgehead atoms. The zero-order chi connectivity index (χ0) is 34.6. The van der Waals surface area contributed by atoms with Gasteiger partial charge in [0, 0.05) is 18.9 Å². The maximum atomic E-state index is 13.1. The fourth-order valence-corrected chi connectivity index (χ4v) is 4.89. The molecule has 16 nitrogen and oxygen atoms in total. The summed E-state index contributed by atoms with van der Waals surface area (Å²) in [7, 11) is 0. The van der Waals surface area contributed by atoms with Crippen molar-refractivity contribution in [1.29, 1.82) is 0 Å². The Hall–Kier alpha value is -4.60. The lowest BCUT2D eigenvalue weighted by molar-refractivity contribution is -0.142.